The van der Waals surface area contributed by atoms with Gasteiger partial charge in [0.1, 0.15) is 11.2 Å². The number of thiophene rings is 1. The fraction of sp³-hybridized carbons (Fsp3) is 0.375. The molecule has 120 valence electrons. The quantitative estimate of drug-likeness (QED) is 0.768. The van der Waals surface area contributed by atoms with Gasteiger partial charge in [-0.15, -0.1) is 11.3 Å². The zero-order chi connectivity index (χ0) is 16.0. The number of rotatable bonds is 4. The number of carbonyl (C=O) groups excluding carboxylic acids is 1. The molecule has 3 heterocycles. The summed E-state index contributed by atoms with van der Waals surface area (Å²) >= 11 is 1.64. The Balaban J connectivity index is 1.61. The van der Waals surface area contributed by atoms with E-state index < -0.39 is 0 Å². The average molecular weight is 330 g/mol. The summed E-state index contributed by atoms with van der Waals surface area (Å²) in [6.45, 7) is 0. The smallest absolute Gasteiger partial charge is 0.257 e. The molecule has 1 atom stereocenters. The first-order valence-corrected chi connectivity index (χ1v) is 8.52. The third kappa shape index (κ3) is 2.46. The average Bonchev–Trinajstić information content (AvgIpc) is 3.21. The molecule has 6 nitrogen and oxygen atoms in total. The van der Waals surface area contributed by atoms with Crippen LogP contribution in [0, 0.1) is 5.92 Å². The van der Waals surface area contributed by atoms with Gasteiger partial charge in [0, 0.05) is 24.3 Å². The third-order valence-electron chi connectivity index (χ3n) is 4.54. The van der Waals surface area contributed by atoms with Crippen LogP contribution in [0.15, 0.2) is 36.1 Å². The number of aliphatic hydroxyl groups is 1. The number of amides is 1. The highest BCUT2D eigenvalue weighted by atomic mass is 32.1. The van der Waals surface area contributed by atoms with Crippen molar-refractivity contribution in [2.45, 2.75) is 25.0 Å². The van der Waals surface area contributed by atoms with E-state index in [1.807, 2.05) is 41.5 Å². The molecule has 0 radical (unpaired) electrons. The lowest BCUT2D eigenvalue weighted by molar-refractivity contribution is 0.0241. The molecule has 3 aromatic rings. The van der Waals surface area contributed by atoms with Crippen LogP contribution in [0.2, 0.25) is 0 Å². The molecular weight excluding hydrogens is 312 g/mol. The second-order valence-corrected chi connectivity index (χ2v) is 7.07. The van der Waals surface area contributed by atoms with Crippen molar-refractivity contribution in [1.29, 1.82) is 0 Å². The lowest BCUT2D eigenvalue weighted by Crippen LogP contribution is -2.41. The van der Waals surface area contributed by atoms with E-state index >= 15 is 0 Å². The van der Waals surface area contributed by atoms with Crippen molar-refractivity contribution in [3.63, 3.8) is 0 Å². The van der Waals surface area contributed by atoms with Crippen LogP contribution in [0.4, 0.5) is 0 Å². The highest BCUT2D eigenvalue weighted by molar-refractivity contribution is 7.10. The lowest BCUT2D eigenvalue weighted by atomic mass is 9.76. The van der Waals surface area contributed by atoms with Crippen LogP contribution in [0.1, 0.15) is 34.1 Å². The van der Waals surface area contributed by atoms with Crippen LogP contribution in [0.3, 0.4) is 0 Å². The van der Waals surface area contributed by atoms with Gasteiger partial charge in [0.05, 0.1) is 18.3 Å². The molecule has 0 saturated heterocycles. The van der Waals surface area contributed by atoms with E-state index in [9.17, 15) is 9.90 Å². The molecule has 0 unspecified atom stereocenters. The lowest BCUT2D eigenvalue weighted by Gasteiger charge is -2.37. The minimum absolute atomic E-state index is 0.0545. The number of nitrogens with zero attached hydrogens (tertiary/aromatic N) is 3. The summed E-state index contributed by atoms with van der Waals surface area (Å²) in [5.74, 6) is 0.161. The Morgan fingerprint density at radius 3 is 3.00 bits per heavy atom. The van der Waals surface area contributed by atoms with Gasteiger partial charge in [-0.1, -0.05) is 6.07 Å². The minimum atomic E-state index is -0.241. The SMILES string of the molecule is Cn1ccn2ncc(C(=O)N[C@H](c3cccs3)C3CC(O)C3)c12. The number of aliphatic hydroxyl groups excluding tert-OH is 1. The molecule has 3 aromatic heterocycles. The summed E-state index contributed by atoms with van der Waals surface area (Å²) in [4.78, 5) is 13.9. The molecule has 0 aromatic carbocycles. The molecular formula is C16H18N4O2S. The van der Waals surface area contributed by atoms with E-state index in [0.29, 0.717) is 5.56 Å². The molecule has 1 saturated carbocycles. The maximum atomic E-state index is 12.8. The summed E-state index contributed by atoms with van der Waals surface area (Å²) < 4.78 is 3.58. The highest BCUT2D eigenvalue weighted by Crippen LogP contribution is 2.39. The van der Waals surface area contributed by atoms with Crippen LogP contribution in [-0.2, 0) is 7.05 Å². The maximum Gasteiger partial charge on any atom is 0.257 e. The Bertz CT molecular complexity index is 830. The predicted molar refractivity (Wildman–Crippen MR) is 87.4 cm³/mol. The standard InChI is InChI=1S/C16H18N4O2S/c1-19-4-5-20-16(19)12(9-17-20)15(22)18-14(10-7-11(21)8-10)13-3-2-6-23-13/h2-6,9-11,14,21H,7-8H2,1H3,(H,18,22)/t10?,11?,14-/m0/s1. The topological polar surface area (TPSA) is 71.6 Å². The molecule has 0 spiro atoms. The summed E-state index contributed by atoms with van der Waals surface area (Å²) in [5.41, 5.74) is 1.35. The van der Waals surface area contributed by atoms with Gasteiger partial charge in [-0.3, -0.25) is 4.79 Å². The Hall–Kier alpha value is -2.12. The monoisotopic (exact) mass is 330 g/mol. The second kappa shape index (κ2) is 5.50. The van der Waals surface area contributed by atoms with Crippen LogP contribution in [-0.4, -0.2) is 31.3 Å². The van der Waals surface area contributed by atoms with Gasteiger partial charge in [0.15, 0.2) is 0 Å². The van der Waals surface area contributed by atoms with E-state index in [-0.39, 0.29) is 24.0 Å². The number of imidazole rings is 1. The van der Waals surface area contributed by atoms with Crippen LogP contribution in [0.25, 0.3) is 5.65 Å². The van der Waals surface area contributed by atoms with Crippen molar-refractivity contribution in [2.24, 2.45) is 13.0 Å². The molecule has 1 aliphatic rings. The third-order valence-corrected chi connectivity index (χ3v) is 5.49. The Labute approximate surface area is 137 Å². The normalized spacial score (nSPS) is 22.0. The number of aromatic nitrogens is 3. The molecule has 1 aliphatic carbocycles. The maximum absolute atomic E-state index is 12.8. The first-order chi connectivity index (χ1) is 11.1. The molecule has 7 heteroatoms. The van der Waals surface area contributed by atoms with Gasteiger partial charge in [-0.05, 0) is 30.2 Å². The highest BCUT2D eigenvalue weighted by Gasteiger charge is 2.36. The number of carbonyl (C=O) groups is 1. The van der Waals surface area contributed by atoms with E-state index in [4.69, 9.17) is 0 Å². The molecule has 23 heavy (non-hydrogen) atoms. The Morgan fingerprint density at radius 1 is 1.48 bits per heavy atom. The van der Waals surface area contributed by atoms with Crippen molar-refractivity contribution in [1.82, 2.24) is 19.5 Å². The molecule has 1 fully saturated rings. The van der Waals surface area contributed by atoms with Gasteiger partial charge in [0.25, 0.3) is 5.91 Å². The number of hydrogen-bond donors (Lipinski definition) is 2. The molecule has 0 aliphatic heterocycles. The van der Waals surface area contributed by atoms with Crippen molar-refractivity contribution in [3.8, 4) is 0 Å². The fourth-order valence-electron chi connectivity index (χ4n) is 3.22. The number of nitrogens with one attached hydrogen (secondary N) is 1. The first-order valence-electron chi connectivity index (χ1n) is 7.64. The largest absolute Gasteiger partial charge is 0.393 e. The van der Waals surface area contributed by atoms with Crippen molar-refractivity contribution in [3.05, 3.63) is 46.5 Å². The second-order valence-electron chi connectivity index (χ2n) is 6.09. The predicted octanol–water partition coefficient (Wildman–Crippen LogP) is 1.98. The number of fused-ring (bicyclic) bond motifs is 1. The zero-order valence-corrected chi connectivity index (χ0v) is 13.5. The van der Waals surface area contributed by atoms with Gasteiger partial charge in [0.2, 0.25) is 0 Å². The van der Waals surface area contributed by atoms with Crippen LogP contribution < -0.4 is 5.32 Å². The summed E-state index contributed by atoms with van der Waals surface area (Å²) in [6, 6.07) is 3.97. The number of hydrogen-bond acceptors (Lipinski definition) is 4. The summed E-state index contributed by atoms with van der Waals surface area (Å²) in [7, 11) is 1.90. The Kier molecular flexibility index (Phi) is 3.46. The first kappa shape index (κ1) is 14.5. The van der Waals surface area contributed by atoms with Crippen molar-refractivity contribution in [2.75, 3.05) is 0 Å². The molecule has 1 amide bonds. The number of aryl methyl sites for hydroxylation is 1. The molecule has 2 N–H and O–H groups in total. The fourth-order valence-corrected chi connectivity index (χ4v) is 4.09. The summed E-state index contributed by atoms with van der Waals surface area (Å²) in [6.07, 6.45) is 6.53. The van der Waals surface area contributed by atoms with E-state index in [2.05, 4.69) is 10.4 Å². The van der Waals surface area contributed by atoms with Gasteiger partial charge in [-0.2, -0.15) is 5.10 Å². The van der Waals surface area contributed by atoms with Gasteiger partial charge >= 0.3 is 0 Å². The molecule has 0 bridgehead atoms. The Morgan fingerprint density at radius 2 is 2.30 bits per heavy atom. The summed E-state index contributed by atoms with van der Waals surface area (Å²) in [5, 5.41) is 19.0. The zero-order valence-electron chi connectivity index (χ0n) is 12.7. The van der Waals surface area contributed by atoms with E-state index in [0.717, 1.165) is 23.4 Å². The van der Waals surface area contributed by atoms with E-state index in [1.165, 1.54) is 0 Å². The van der Waals surface area contributed by atoms with Gasteiger partial charge in [-0.25, -0.2) is 4.52 Å². The van der Waals surface area contributed by atoms with E-state index in [1.54, 1.807) is 22.0 Å². The van der Waals surface area contributed by atoms with Crippen molar-refractivity contribution >= 4 is 22.9 Å². The van der Waals surface area contributed by atoms with Crippen LogP contribution >= 0.6 is 11.3 Å². The van der Waals surface area contributed by atoms with Crippen molar-refractivity contribution < 1.29 is 9.90 Å². The minimum Gasteiger partial charge on any atom is -0.393 e. The molecule has 4 rings (SSSR count). The van der Waals surface area contributed by atoms with Gasteiger partial charge < -0.3 is 15.0 Å². The van der Waals surface area contributed by atoms with Crippen LogP contribution in [0.5, 0.6) is 0 Å².